The topological polar surface area (TPSA) is 101 Å². The van der Waals surface area contributed by atoms with Crippen molar-refractivity contribution in [3.8, 4) is 12.1 Å². The maximum absolute atomic E-state index is 14.7. The highest BCUT2D eigenvalue weighted by Crippen LogP contribution is 2.68. The molecular formula is C30H31N5O2. The quantitative estimate of drug-likeness (QED) is 0.567. The Morgan fingerprint density at radius 1 is 1.00 bits per heavy atom. The Kier molecular flexibility index (Phi) is 4.63. The predicted octanol–water partition coefficient (Wildman–Crippen LogP) is 4.64. The summed E-state index contributed by atoms with van der Waals surface area (Å²) in [5, 5.41) is 21.9. The van der Waals surface area contributed by atoms with Crippen LogP contribution in [0.5, 0.6) is 0 Å². The summed E-state index contributed by atoms with van der Waals surface area (Å²) in [5.41, 5.74) is 1.06. The first-order chi connectivity index (χ1) is 17.9. The predicted molar refractivity (Wildman–Crippen MR) is 137 cm³/mol. The van der Waals surface area contributed by atoms with Gasteiger partial charge in [-0.15, -0.1) is 0 Å². The lowest BCUT2D eigenvalue weighted by Crippen LogP contribution is -2.76. The van der Waals surface area contributed by atoms with Crippen molar-refractivity contribution in [2.75, 3.05) is 4.90 Å². The van der Waals surface area contributed by atoms with Gasteiger partial charge in [-0.2, -0.15) is 10.5 Å². The number of aliphatic imine (C=N–C) groups is 1. The Morgan fingerprint density at radius 2 is 1.76 bits per heavy atom. The SMILES string of the molecule is Cc1ccc(N2[C@@H]3CCC[C@H]2N=C2N3C(=O)[C@@]3(C#N)[C@@H]4CCC[C@H]3[C@@]2(C#N)C2=C4C(=O)C[C@@H](C)C2)cc1. The van der Waals surface area contributed by atoms with Crippen LogP contribution in [0.1, 0.15) is 63.9 Å². The number of carbonyl (C=O) groups excluding carboxylic acids is 2. The normalized spacial score (nSPS) is 39.8. The number of anilines is 1. The number of carbonyl (C=O) groups is 2. The van der Waals surface area contributed by atoms with E-state index in [1.807, 2.05) is 0 Å². The van der Waals surface area contributed by atoms with E-state index < -0.39 is 22.7 Å². The van der Waals surface area contributed by atoms with Gasteiger partial charge < -0.3 is 4.90 Å². The fourth-order valence-corrected chi connectivity index (χ4v) is 8.72. The van der Waals surface area contributed by atoms with Crippen molar-refractivity contribution in [1.29, 1.82) is 10.5 Å². The van der Waals surface area contributed by atoms with E-state index in [-0.39, 0.29) is 29.9 Å². The molecule has 6 bridgehead atoms. The molecule has 7 atom stereocenters. The van der Waals surface area contributed by atoms with Crippen LogP contribution in [-0.4, -0.2) is 34.8 Å². The fourth-order valence-electron chi connectivity index (χ4n) is 8.72. The molecule has 7 heteroatoms. The Morgan fingerprint density at radius 3 is 2.49 bits per heavy atom. The Bertz CT molecular complexity index is 1380. The third-order valence-corrected chi connectivity index (χ3v) is 10.1. The first kappa shape index (κ1) is 22.7. The monoisotopic (exact) mass is 493 g/mol. The molecule has 37 heavy (non-hydrogen) atoms. The van der Waals surface area contributed by atoms with Crippen molar-refractivity contribution in [2.45, 2.75) is 77.5 Å². The number of ketones is 1. The lowest BCUT2D eigenvalue weighted by molar-refractivity contribution is -0.154. The molecule has 7 nitrogen and oxygen atoms in total. The summed E-state index contributed by atoms with van der Waals surface area (Å²) in [6, 6.07) is 13.5. The first-order valence-corrected chi connectivity index (χ1v) is 13.7. The highest BCUT2D eigenvalue weighted by atomic mass is 16.2. The zero-order valence-electron chi connectivity index (χ0n) is 21.4. The van der Waals surface area contributed by atoms with Gasteiger partial charge in [0.2, 0.25) is 0 Å². The minimum atomic E-state index is -1.40. The molecule has 0 N–H and O–H groups in total. The molecule has 1 aromatic carbocycles. The zero-order valence-corrected chi connectivity index (χ0v) is 21.4. The number of allylic oxidation sites excluding steroid dienone is 1. The molecule has 3 aliphatic carbocycles. The molecule has 0 aromatic heterocycles. The second kappa shape index (κ2) is 7.54. The van der Waals surface area contributed by atoms with Crippen molar-refractivity contribution >= 4 is 23.2 Å². The van der Waals surface area contributed by atoms with Crippen molar-refractivity contribution in [3.05, 3.63) is 41.0 Å². The number of hydrogen-bond donors (Lipinski definition) is 0. The summed E-state index contributed by atoms with van der Waals surface area (Å²) < 4.78 is 0. The molecule has 6 aliphatic rings. The smallest absolute Gasteiger partial charge is 0.251 e. The second-order valence-electron chi connectivity index (χ2n) is 12.0. The van der Waals surface area contributed by atoms with Gasteiger partial charge in [-0.1, -0.05) is 31.0 Å². The van der Waals surface area contributed by atoms with Gasteiger partial charge >= 0.3 is 0 Å². The minimum Gasteiger partial charge on any atom is -0.328 e. The number of aryl methyl sites for hydroxylation is 1. The molecule has 0 spiro atoms. The molecule has 3 heterocycles. The summed E-state index contributed by atoms with van der Waals surface area (Å²) in [4.78, 5) is 37.5. The summed E-state index contributed by atoms with van der Waals surface area (Å²) in [5.74, 6) is -0.461. The van der Waals surface area contributed by atoms with Crippen LogP contribution < -0.4 is 4.90 Å². The van der Waals surface area contributed by atoms with Gasteiger partial charge in [-0.3, -0.25) is 14.5 Å². The first-order valence-electron chi connectivity index (χ1n) is 13.7. The molecule has 7 rings (SSSR count). The van der Waals surface area contributed by atoms with Gasteiger partial charge in [0.15, 0.2) is 5.78 Å². The van der Waals surface area contributed by atoms with Gasteiger partial charge in [0.1, 0.15) is 29.0 Å². The molecular weight excluding hydrogens is 462 g/mol. The summed E-state index contributed by atoms with van der Waals surface area (Å²) in [7, 11) is 0. The number of Topliss-reactive ketones (excluding diaryl/α,β-unsaturated/α-hetero) is 1. The van der Waals surface area contributed by atoms with Crippen molar-refractivity contribution in [1.82, 2.24) is 4.90 Å². The number of hydrogen-bond acceptors (Lipinski definition) is 6. The average Bonchev–Trinajstić information content (AvgIpc) is 2.88. The Balaban J connectivity index is 1.52. The molecule has 1 saturated carbocycles. The molecule has 1 amide bonds. The number of piperidine rings is 2. The van der Waals surface area contributed by atoms with Crippen LogP contribution in [0.3, 0.4) is 0 Å². The summed E-state index contributed by atoms with van der Waals surface area (Å²) >= 11 is 0. The van der Waals surface area contributed by atoms with Crippen molar-refractivity contribution in [2.24, 2.45) is 33.6 Å². The van der Waals surface area contributed by atoms with Crippen LogP contribution in [0.2, 0.25) is 0 Å². The number of amidine groups is 1. The lowest BCUT2D eigenvalue weighted by Gasteiger charge is -2.65. The maximum atomic E-state index is 14.7. The van der Waals surface area contributed by atoms with E-state index in [4.69, 9.17) is 4.99 Å². The van der Waals surface area contributed by atoms with Crippen molar-refractivity contribution in [3.63, 3.8) is 0 Å². The van der Waals surface area contributed by atoms with E-state index >= 15 is 0 Å². The number of nitriles is 2. The molecule has 0 unspecified atom stereocenters. The Labute approximate surface area is 217 Å². The van der Waals surface area contributed by atoms with Gasteiger partial charge in [-0.05, 0) is 69.1 Å². The van der Waals surface area contributed by atoms with Crippen LogP contribution in [0.25, 0.3) is 0 Å². The van der Waals surface area contributed by atoms with Crippen LogP contribution in [0.15, 0.2) is 40.4 Å². The van der Waals surface area contributed by atoms with Gasteiger partial charge in [0.25, 0.3) is 5.91 Å². The third kappa shape index (κ3) is 2.58. The Hall–Kier alpha value is -3.45. The zero-order chi connectivity index (χ0) is 25.7. The summed E-state index contributed by atoms with van der Waals surface area (Å²) in [6.45, 7) is 4.12. The number of amides is 1. The van der Waals surface area contributed by atoms with E-state index in [1.165, 1.54) is 0 Å². The highest BCUT2D eigenvalue weighted by Gasteiger charge is 2.75. The number of rotatable bonds is 1. The number of benzene rings is 1. The standard InChI is InChI=1S/C30H31N5O2/c1-17-9-11-19(12-10-17)34-24-7-4-8-25(34)35-27(33-24)29(15-31)21-13-18(2)14-22(36)26(21)20-5-3-6-23(29)30(20,16-32)28(35)37/h9-12,18,20,23-25H,3-8,13-14H2,1-2H3/t18-,20+,23-,24-,25-,29+,30-/m0/s1. The van der Waals surface area contributed by atoms with Gasteiger partial charge in [0.05, 0.1) is 12.1 Å². The van der Waals surface area contributed by atoms with E-state index in [0.717, 1.165) is 42.5 Å². The van der Waals surface area contributed by atoms with Crippen LogP contribution in [0.4, 0.5) is 5.69 Å². The highest BCUT2D eigenvalue weighted by molar-refractivity contribution is 6.15. The fraction of sp³-hybridized carbons (Fsp3) is 0.567. The maximum Gasteiger partial charge on any atom is 0.251 e. The largest absolute Gasteiger partial charge is 0.328 e. The molecule has 2 saturated heterocycles. The van der Waals surface area contributed by atoms with E-state index in [0.29, 0.717) is 37.1 Å². The molecule has 3 aliphatic heterocycles. The van der Waals surface area contributed by atoms with Gasteiger partial charge in [0, 0.05) is 29.5 Å². The van der Waals surface area contributed by atoms with E-state index in [2.05, 4.69) is 55.2 Å². The minimum absolute atomic E-state index is 0.0254. The molecule has 1 aromatic rings. The molecule has 0 radical (unpaired) electrons. The van der Waals surface area contributed by atoms with Crippen molar-refractivity contribution < 1.29 is 9.59 Å². The second-order valence-corrected chi connectivity index (χ2v) is 12.0. The number of nitrogens with zero attached hydrogens (tertiary/aromatic N) is 5. The lowest BCUT2D eigenvalue weighted by atomic mass is 9.41. The third-order valence-electron chi connectivity index (χ3n) is 10.1. The van der Waals surface area contributed by atoms with Gasteiger partial charge in [-0.25, -0.2) is 4.99 Å². The summed E-state index contributed by atoms with van der Waals surface area (Å²) in [6.07, 6.45) is 5.21. The number of fused-ring (bicyclic) bond motifs is 7. The van der Waals surface area contributed by atoms with Crippen LogP contribution >= 0.6 is 0 Å². The molecule has 188 valence electrons. The average molecular weight is 494 g/mol. The van der Waals surface area contributed by atoms with Crippen LogP contribution in [0, 0.1) is 58.2 Å². The van der Waals surface area contributed by atoms with E-state index in [9.17, 15) is 20.1 Å². The van der Waals surface area contributed by atoms with Crippen LogP contribution in [-0.2, 0) is 9.59 Å². The van der Waals surface area contributed by atoms with E-state index in [1.54, 1.807) is 4.90 Å². The molecule has 3 fully saturated rings.